The first-order valence-corrected chi connectivity index (χ1v) is 17.0. The van der Waals surface area contributed by atoms with Crippen molar-refractivity contribution in [3.05, 3.63) is 147 Å². The van der Waals surface area contributed by atoms with E-state index in [2.05, 4.69) is 159 Å². The van der Waals surface area contributed by atoms with Crippen molar-refractivity contribution in [2.24, 2.45) is 0 Å². The number of aryl methyl sites for hydroxylation is 9. The van der Waals surface area contributed by atoms with E-state index in [0.717, 1.165) is 0 Å². The van der Waals surface area contributed by atoms with E-state index in [-0.39, 0.29) is 6.31 Å². The predicted octanol–water partition coefficient (Wildman–Crippen LogP) is 6.32. The van der Waals surface area contributed by atoms with E-state index in [1.165, 1.54) is 71.4 Å². The molecule has 0 saturated carbocycles. The summed E-state index contributed by atoms with van der Waals surface area (Å²) >= 11 is 0. The van der Waals surface area contributed by atoms with Crippen LogP contribution in [0.25, 0.3) is 0 Å². The van der Waals surface area contributed by atoms with Crippen molar-refractivity contribution in [2.75, 3.05) is 0 Å². The maximum atomic E-state index is 2.42. The lowest BCUT2D eigenvalue weighted by Gasteiger charge is -2.43. The highest BCUT2D eigenvalue weighted by Gasteiger charge is 2.53. The molecule has 0 amide bonds. The molecule has 5 aromatic rings. The number of rotatable bonds is 6. The minimum atomic E-state index is -2.81. The van der Waals surface area contributed by atoms with Crippen LogP contribution in [0.2, 0.25) is 0 Å². The molecule has 0 heterocycles. The van der Waals surface area contributed by atoms with Gasteiger partial charge in [-0.3, -0.25) is 0 Å². The standard InChI is InChI=1S/C39H43BSi/c1-26-20-29(4)37(30(5)21-26)40(38-31(6)22-27(2)23-32(38)7)41(35-16-12-10-13-17-35,36-18-14-11-15-19-36)39-33(8)24-28(3)25-34(39)9/h10-25H,1-9H3. The van der Waals surface area contributed by atoms with Crippen LogP contribution in [0.3, 0.4) is 0 Å². The van der Waals surface area contributed by atoms with Crippen LogP contribution >= 0.6 is 0 Å². The summed E-state index contributed by atoms with van der Waals surface area (Å²) in [7, 11) is -2.81. The zero-order chi connectivity index (χ0) is 29.5. The van der Waals surface area contributed by atoms with Crippen molar-refractivity contribution in [1.29, 1.82) is 0 Å². The van der Waals surface area contributed by atoms with E-state index >= 15 is 0 Å². The van der Waals surface area contributed by atoms with E-state index in [0.29, 0.717) is 0 Å². The number of hydrogen-bond donors (Lipinski definition) is 0. The molecule has 0 radical (unpaired) electrons. The topological polar surface area (TPSA) is 0 Å². The van der Waals surface area contributed by atoms with E-state index in [4.69, 9.17) is 0 Å². The third kappa shape index (κ3) is 5.04. The van der Waals surface area contributed by atoms with Crippen LogP contribution in [0, 0.1) is 62.3 Å². The highest BCUT2D eigenvalue weighted by molar-refractivity contribution is 7.56. The molecule has 0 spiro atoms. The average Bonchev–Trinajstić information content (AvgIpc) is 2.90. The van der Waals surface area contributed by atoms with Crippen molar-refractivity contribution < 1.29 is 0 Å². The summed E-state index contributed by atoms with van der Waals surface area (Å²) in [6, 6.07) is 37.4. The Morgan fingerprint density at radius 2 is 0.683 bits per heavy atom. The van der Waals surface area contributed by atoms with Gasteiger partial charge in [0.2, 0.25) is 6.31 Å². The lowest BCUT2D eigenvalue weighted by molar-refractivity contribution is 1.33. The second-order valence-corrected chi connectivity index (χ2v) is 16.2. The molecule has 0 N–H and O–H groups in total. The third-order valence-corrected chi connectivity index (χ3v) is 14.5. The molecule has 0 aliphatic carbocycles. The lowest BCUT2D eigenvalue weighted by Crippen LogP contribution is -2.84. The van der Waals surface area contributed by atoms with Crippen molar-refractivity contribution in [3.63, 3.8) is 0 Å². The van der Waals surface area contributed by atoms with Crippen molar-refractivity contribution in [2.45, 2.75) is 62.3 Å². The Kier molecular flexibility index (Phi) is 7.99. The molecule has 0 bridgehead atoms. The predicted molar refractivity (Wildman–Crippen MR) is 185 cm³/mol. The first-order chi connectivity index (χ1) is 19.5. The van der Waals surface area contributed by atoms with Crippen molar-refractivity contribution in [1.82, 2.24) is 0 Å². The highest BCUT2D eigenvalue weighted by Crippen LogP contribution is 2.23. The summed E-state index contributed by atoms with van der Waals surface area (Å²) in [5.74, 6) is 0. The summed E-state index contributed by atoms with van der Waals surface area (Å²) < 4.78 is 0. The third-order valence-electron chi connectivity index (χ3n) is 9.02. The minimum Gasteiger partial charge on any atom is -0.0701 e. The van der Waals surface area contributed by atoms with Gasteiger partial charge in [0, 0.05) is 0 Å². The Morgan fingerprint density at radius 1 is 0.390 bits per heavy atom. The van der Waals surface area contributed by atoms with Gasteiger partial charge in [-0.15, -0.1) is 0 Å². The number of hydrogen-bond acceptors (Lipinski definition) is 0. The zero-order valence-electron chi connectivity index (χ0n) is 26.3. The van der Waals surface area contributed by atoms with Crippen LogP contribution < -0.4 is 26.5 Å². The summed E-state index contributed by atoms with van der Waals surface area (Å²) in [6.45, 7) is 20.8. The maximum Gasteiger partial charge on any atom is 0.219 e. The quantitative estimate of drug-likeness (QED) is 0.172. The Bertz CT molecular complexity index is 1550. The van der Waals surface area contributed by atoms with E-state index < -0.39 is 7.94 Å². The van der Waals surface area contributed by atoms with Crippen LogP contribution in [0.15, 0.2) is 97.1 Å². The molecule has 5 aromatic carbocycles. The van der Waals surface area contributed by atoms with Gasteiger partial charge < -0.3 is 0 Å². The molecule has 0 fully saturated rings. The minimum absolute atomic E-state index is 0.189. The van der Waals surface area contributed by atoms with Crippen LogP contribution in [0.1, 0.15) is 50.1 Å². The lowest BCUT2D eigenvalue weighted by atomic mass is 9.55. The fourth-order valence-electron chi connectivity index (χ4n) is 8.01. The summed E-state index contributed by atoms with van der Waals surface area (Å²) in [6.07, 6.45) is 0.189. The first-order valence-electron chi connectivity index (χ1n) is 14.9. The second kappa shape index (κ2) is 11.3. The van der Waals surface area contributed by atoms with Gasteiger partial charge in [-0.2, -0.15) is 0 Å². The van der Waals surface area contributed by atoms with Crippen LogP contribution in [-0.4, -0.2) is 14.2 Å². The SMILES string of the molecule is Cc1cc(C)c(B(c2c(C)cc(C)cc2C)[Si](c2ccccc2)(c2ccccc2)c2c(C)cc(C)cc2C)c(C)c1. The van der Waals surface area contributed by atoms with Gasteiger partial charge in [0.25, 0.3) is 0 Å². The first kappa shape index (κ1) is 28.9. The molecule has 0 aromatic heterocycles. The van der Waals surface area contributed by atoms with Crippen molar-refractivity contribution in [3.8, 4) is 0 Å². The maximum absolute atomic E-state index is 2.81. The largest absolute Gasteiger partial charge is 0.219 e. The van der Waals surface area contributed by atoms with Gasteiger partial charge in [0.05, 0.1) is 0 Å². The average molecular weight is 551 g/mol. The second-order valence-electron chi connectivity index (χ2n) is 12.4. The normalized spacial score (nSPS) is 11.5. The molecule has 206 valence electrons. The molecular weight excluding hydrogens is 507 g/mol. The highest BCUT2D eigenvalue weighted by atomic mass is 28.3. The van der Waals surface area contributed by atoms with E-state index in [1.54, 1.807) is 5.19 Å². The molecule has 0 saturated heterocycles. The van der Waals surface area contributed by atoms with Gasteiger partial charge in [-0.1, -0.05) is 168 Å². The molecule has 0 aliphatic heterocycles. The van der Waals surface area contributed by atoms with E-state index in [1.807, 2.05) is 0 Å². The zero-order valence-corrected chi connectivity index (χ0v) is 27.3. The van der Waals surface area contributed by atoms with Gasteiger partial charge in [0.15, 0.2) is 0 Å². The summed E-state index contributed by atoms with van der Waals surface area (Å²) in [4.78, 5) is 0. The smallest absolute Gasteiger partial charge is 0.0701 e. The Morgan fingerprint density at radius 3 is 1.00 bits per heavy atom. The molecule has 0 nitrogen and oxygen atoms in total. The van der Waals surface area contributed by atoms with Crippen molar-refractivity contribution >= 4 is 40.7 Å². The molecule has 41 heavy (non-hydrogen) atoms. The Hall–Kier alpha value is -3.62. The molecular formula is C39H43BSi. The number of benzene rings is 5. The molecule has 5 rings (SSSR count). The van der Waals surface area contributed by atoms with Gasteiger partial charge in [0.1, 0.15) is 7.94 Å². The summed E-state index contributed by atoms with van der Waals surface area (Å²) in [5.41, 5.74) is 15.3. The van der Waals surface area contributed by atoms with Crippen LogP contribution in [0.4, 0.5) is 0 Å². The van der Waals surface area contributed by atoms with E-state index in [9.17, 15) is 0 Å². The van der Waals surface area contributed by atoms with Gasteiger partial charge in [-0.05, 0) is 67.5 Å². The molecule has 0 aliphatic rings. The Balaban J connectivity index is 2.12. The monoisotopic (exact) mass is 550 g/mol. The Labute approximate surface area is 249 Å². The van der Waals surface area contributed by atoms with Crippen LogP contribution in [0.5, 0.6) is 0 Å². The molecule has 0 atom stereocenters. The fourth-order valence-corrected chi connectivity index (χ4v) is 14.5. The molecule has 0 unspecified atom stereocenters. The molecule has 2 heteroatoms. The van der Waals surface area contributed by atoms with Gasteiger partial charge >= 0.3 is 0 Å². The van der Waals surface area contributed by atoms with Gasteiger partial charge in [-0.25, -0.2) is 0 Å². The fraction of sp³-hybridized carbons (Fsp3) is 0.231. The summed E-state index contributed by atoms with van der Waals surface area (Å²) in [5, 5.41) is 4.47. The van der Waals surface area contributed by atoms with Crippen LogP contribution in [-0.2, 0) is 0 Å².